The fourth-order valence-corrected chi connectivity index (χ4v) is 6.83. The molecule has 2 aliphatic rings. The average Bonchev–Trinajstić information content (AvgIpc) is 3.26. The normalized spacial score (nSPS) is 29.2. The Morgan fingerprint density at radius 2 is 1.77 bits per heavy atom. The van der Waals surface area contributed by atoms with Crippen molar-refractivity contribution in [1.82, 2.24) is 0 Å². The number of hydrogen-bond donors (Lipinski definition) is 0. The molecule has 0 bridgehead atoms. The van der Waals surface area contributed by atoms with Crippen molar-refractivity contribution in [3.63, 3.8) is 0 Å². The van der Waals surface area contributed by atoms with Crippen molar-refractivity contribution in [2.45, 2.75) is 63.8 Å². The summed E-state index contributed by atoms with van der Waals surface area (Å²) in [4.78, 5) is 18.2. The number of ether oxygens (including phenoxy) is 1. The molecule has 1 unspecified atom stereocenters. The Kier molecular flexibility index (Phi) is 9.02. The van der Waals surface area contributed by atoms with Gasteiger partial charge in [-0.15, -0.1) is 0 Å². The van der Waals surface area contributed by atoms with Crippen molar-refractivity contribution in [2.24, 2.45) is 28.7 Å². The highest BCUT2D eigenvalue weighted by Gasteiger charge is 2.67. The number of hydrogen-bond acceptors (Lipinski definition) is 3. The van der Waals surface area contributed by atoms with Crippen LogP contribution < -0.4 is 0 Å². The van der Waals surface area contributed by atoms with Crippen molar-refractivity contribution in [1.29, 1.82) is 0 Å². The number of benzene rings is 2. The quantitative estimate of drug-likeness (QED) is 0.180. The smallest absolute Gasteiger partial charge is 0.404 e. The number of rotatable bonds is 5. The second kappa shape index (κ2) is 11.5. The van der Waals surface area contributed by atoms with Gasteiger partial charge in [0.2, 0.25) is 0 Å². The lowest BCUT2D eigenvalue weighted by Gasteiger charge is -2.40. The molecule has 1 saturated carbocycles. The van der Waals surface area contributed by atoms with E-state index in [9.17, 15) is 9.18 Å². The van der Waals surface area contributed by atoms with Crippen LogP contribution in [0.3, 0.4) is 0 Å². The lowest BCUT2D eigenvalue weighted by atomic mass is 9.68. The molecule has 1 fully saturated rings. The zero-order valence-corrected chi connectivity index (χ0v) is 25.2. The van der Waals surface area contributed by atoms with Gasteiger partial charge in [-0.05, 0) is 81.9 Å². The molecule has 0 radical (unpaired) electrons. The molecule has 39 heavy (non-hydrogen) atoms. The van der Waals surface area contributed by atoms with E-state index in [1.807, 2.05) is 20.8 Å². The van der Waals surface area contributed by atoms with Gasteiger partial charge in [0.1, 0.15) is 23.3 Å². The monoisotopic (exact) mass is 669 g/mol. The summed E-state index contributed by atoms with van der Waals surface area (Å²) in [6.07, 6.45) is -2.54. The van der Waals surface area contributed by atoms with E-state index in [2.05, 4.69) is 20.9 Å². The second-order valence-corrected chi connectivity index (χ2v) is 12.8. The number of nitrogens with zero attached hydrogens (tertiary/aromatic N) is 1. The summed E-state index contributed by atoms with van der Waals surface area (Å²) in [6.45, 7) is 6.06. The highest BCUT2D eigenvalue weighted by atomic mass is 79.9. The first kappa shape index (κ1) is 30.6. The zero-order valence-electron chi connectivity index (χ0n) is 21.3. The summed E-state index contributed by atoms with van der Waals surface area (Å²) < 4.78 is 65.9. The Morgan fingerprint density at radius 1 is 1.13 bits per heavy atom. The molecular formula is C28H27BrCl3F4NO2. The minimum atomic E-state index is -5.01. The fraction of sp³-hybridized carbons (Fsp3) is 0.500. The molecule has 0 saturated heterocycles. The van der Waals surface area contributed by atoms with Gasteiger partial charge in [0.15, 0.2) is 0 Å². The molecule has 11 heteroatoms. The summed E-state index contributed by atoms with van der Waals surface area (Å²) in [5.74, 6) is -3.09. The first-order valence-electron chi connectivity index (χ1n) is 12.6. The van der Waals surface area contributed by atoms with Crippen LogP contribution in [0, 0.1) is 29.5 Å². The number of halogens is 8. The van der Waals surface area contributed by atoms with E-state index in [1.165, 1.54) is 12.1 Å². The summed E-state index contributed by atoms with van der Waals surface area (Å²) in [5, 5.41) is -0.502. The topological polar surface area (TPSA) is 38.7 Å². The van der Waals surface area contributed by atoms with Crippen LogP contribution >= 0.6 is 50.7 Å². The number of carbonyl (C=O) groups excluding carboxylic acids is 1. The molecule has 0 aromatic heterocycles. The van der Waals surface area contributed by atoms with Crippen LogP contribution in [0.4, 0.5) is 17.6 Å². The van der Waals surface area contributed by atoms with Crippen LogP contribution in [0.1, 0.15) is 57.2 Å². The third-order valence-electron chi connectivity index (χ3n) is 7.94. The minimum Gasteiger partial charge on any atom is -0.462 e. The maximum Gasteiger partial charge on any atom is 0.404 e. The first-order valence-corrected chi connectivity index (χ1v) is 14.5. The molecule has 1 aliphatic heterocycles. The average molecular weight is 672 g/mol. The third-order valence-corrected chi connectivity index (χ3v) is 9.75. The minimum absolute atomic E-state index is 0.00518. The van der Waals surface area contributed by atoms with Crippen molar-refractivity contribution in [3.8, 4) is 0 Å². The Hall–Kier alpha value is -1.35. The van der Waals surface area contributed by atoms with Crippen LogP contribution in [-0.4, -0.2) is 24.5 Å². The van der Waals surface area contributed by atoms with Gasteiger partial charge >= 0.3 is 12.1 Å². The van der Waals surface area contributed by atoms with E-state index in [4.69, 9.17) is 39.5 Å². The molecule has 1 heterocycles. The molecule has 0 N–H and O–H groups in total. The Morgan fingerprint density at radius 3 is 2.33 bits per heavy atom. The van der Waals surface area contributed by atoms with Crippen molar-refractivity contribution < 1.29 is 27.1 Å². The van der Waals surface area contributed by atoms with E-state index in [1.54, 1.807) is 0 Å². The van der Waals surface area contributed by atoms with Gasteiger partial charge in [-0.25, -0.2) is 4.39 Å². The summed E-state index contributed by atoms with van der Waals surface area (Å²) >= 11 is 21.5. The van der Waals surface area contributed by atoms with E-state index < -0.39 is 41.4 Å². The van der Waals surface area contributed by atoms with Gasteiger partial charge in [-0.3, -0.25) is 9.79 Å². The largest absolute Gasteiger partial charge is 0.462 e. The standard InChI is InChI=1S/C28H27BrCl3F4NO2/c1-13(2)17-6-4-14(3)8-22(17)39-26(38)23-25(15-5-7-21(33)18(29)9-15)37-12-27(23,28(34,35)36)16-10-19(30)24(32)20(31)11-16/h5,7,9-14,17,22-23,25H,4,6,8H2,1-3H3/t14-,17?,22-,23-,25+,27-/m1/s1. The molecule has 3 nitrogen and oxygen atoms in total. The summed E-state index contributed by atoms with van der Waals surface area (Å²) in [6, 6.07) is 4.54. The molecule has 4 rings (SSSR count). The highest BCUT2D eigenvalue weighted by molar-refractivity contribution is 9.10. The van der Waals surface area contributed by atoms with Crippen molar-refractivity contribution in [3.05, 3.63) is 66.8 Å². The number of alkyl halides is 3. The van der Waals surface area contributed by atoms with Crippen molar-refractivity contribution in [2.75, 3.05) is 0 Å². The van der Waals surface area contributed by atoms with Gasteiger partial charge in [-0.2, -0.15) is 13.2 Å². The predicted octanol–water partition coefficient (Wildman–Crippen LogP) is 9.79. The molecule has 6 atom stereocenters. The molecule has 212 valence electrons. The van der Waals surface area contributed by atoms with Crippen LogP contribution in [0.25, 0.3) is 0 Å². The van der Waals surface area contributed by atoms with E-state index in [-0.39, 0.29) is 48.4 Å². The molecule has 1 aliphatic carbocycles. The number of esters is 1. The molecule has 0 spiro atoms. The molecular weight excluding hydrogens is 645 g/mol. The Balaban J connectivity index is 1.88. The lowest BCUT2D eigenvalue weighted by Crippen LogP contribution is -2.53. The van der Waals surface area contributed by atoms with Gasteiger partial charge in [0.25, 0.3) is 0 Å². The van der Waals surface area contributed by atoms with Crippen LogP contribution in [0.5, 0.6) is 0 Å². The van der Waals surface area contributed by atoms with Crippen LogP contribution in [-0.2, 0) is 14.9 Å². The predicted molar refractivity (Wildman–Crippen MR) is 149 cm³/mol. The molecule has 2 aromatic carbocycles. The van der Waals surface area contributed by atoms with Crippen LogP contribution in [0.2, 0.25) is 15.1 Å². The van der Waals surface area contributed by atoms with Gasteiger partial charge < -0.3 is 4.74 Å². The first-order chi connectivity index (χ1) is 18.2. The van der Waals surface area contributed by atoms with Gasteiger partial charge in [0, 0.05) is 6.21 Å². The Labute approximate surface area is 248 Å². The Bertz CT molecular complexity index is 1260. The third kappa shape index (κ3) is 5.73. The zero-order chi connectivity index (χ0) is 28.9. The van der Waals surface area contributed by atoms with Crippen molar-refractivity contribution >= 4 is 62.9 Å². The van der Waals surface area contributed by atoms with Crippen LogP contribution in [0.15, 0.2) is 39.8 Å². The van der Waals surface area contributed by atoms with E-state index in [0.29, 0.717) is 6.42 Å². The molecule has 0 amide bonds. The summed E-state index contributed by atoms with van der Waals surface area (Å²) in [7, 11) is 0. The highest BCUT2D eigenvalue weighted by Crippen LogP contribution is 2.56. The summed E-state index contributed by atoms with van der Waals surface area (Å²) in [5.41, 5.74) is -3.10. The maximum atomic E-state index is 15.3. The van der Waals surface area contributed by atoms with E-state index >= 15 is 13.2 Å². The maximum absolute atomic E-state index is 15.3. The fourth-order valence-electron chi connectivity index (χ4n) is 5.84. The second-order valence-electron chi connectivity index (χ2n) is 10.8. The van der Waals surface area contributed by atoms with Gasteiger partial charge in [0.05, 0.1) is 25.6 Å². The van der Waals surface area contributed by atoms with E-state index in [0.717, 1.165) is 37.3 Å². The number of aliphatic imine (C=N–C) groups is 1. The number of carbonyl (C=O) groups is 1. The lowest BCUT2D eigenvalue weighted by molar-refractivity contribution is -0.197. The van der Waals surface area contributed by atoms with Gasteiger partial charge in [-0.1, -0.05) is 68.1 Å². The SMILES string of the molecule is CC(C)C1CC[C@@H](C)C[C@H]1OC(=O)[C@H]1[C@H](c2ccc(F)c(Br)c2)N=C[C@]1(c1cc(Cl)c(Cl)c(Cl)c1)C(F)(F)F. The molecule has 2 aromatic rings.